The maximum absolute atomic E-state index is 13.9. The number of hydrogen-bond donors (Lipinski definition) is 0. The van der Waals surface area contributed by atoms with E-state index in [1.54, 1.807) is 24.3 Å². The van der Waals surface area contributed by atoms with Crippen molar-refractivity contribution in [3.63, 3.8) is 0 Å². The summed E-state index contributed by atoms with van der Waals surface area (Å²) in [6.45, 7) is 8.16. The molecule has 1 aliphatic heterocycles. The van der Waals surface area contributed by atoms with Crippen LogP contribution in [0.25, 0.3) is 6.08 Å². The van der Waals surface area contributed by atoms with Gasteiger partial charge in [0.15, 0.2) is 17.2 Å². The van der Waals surface area contributed by atoms with Crippen molar-refractivity contribution in [3.05, 3.63) is 76.2 Å². The Morgan fingerprint density at radius 3 is 2.76 bits per heavy atom. The van der Waals surface area contributed by atoms with Crippen LogP contribution in [0.1, 0.15) is 25.0 Å². The molecular formula is C22H19ClFNO4. The molecule has 2 aromatic rings. The molecule has 3 rings (SSSR count). The van der Waals surface area contributed by atoms with Gasteiger partial charge in [-0.25, -0.2) is 14.2 Å². The standard InChI is InChI=1S/C22H19ClFNO4/c1-4-27-19-11-14(9-16(23)20(19)28-12-13(2)3)10-18-22(26)29-21(25-18)15-7-5-6-8-17(15)24/h5-11H,2,4,12H2,1,3H3. The van der Waals surface area contributed by atoms with Crippen molar-refractivity contribution in [1.29, 1.82) is 0 Å². The predicted molar refractivity (Wildman–Crippen MR) is 110 cm³/mol. The number of carbonyl (C=O) groups is 1. The van der Waals surface area contributed by atoms with E-state index in [1.807, 2.05) is 13.8 Å². The maximum atomic E-state index is 13.9. The van der Waals surface area contributed by atoms with Crippen LogP contribution < -0.4 is 9.47 Å². The highest BCUT2D eigenvalue weighted by atomic mass is 35.5. The summed E-state index contributed by atoms with van der Waals surface area (Å²) in [6, 6.07) is 9.23. The lowest BCUT2D eigenvalue weighted by atomic mass is 10.1. The van der Waals surface area contributed by atoms with Crippen LogP contribution in [-0.2, 0) is 9.53 Å². The molecule has 0 saturated heterocycles. The Morgan fingerprint density at radius 1 is 1.31 bits per heavy atom. The Kier molecular flexibility index (Phi) is 6.34. The molecule has 0 radical (unpaired) electrons. The highest BCUT2D eigenvalue weighted by molar-refractivity contribution is 6.32. The third-order valence-electron chi connectivity index (χ3n) is 3.82. The Morgan fingerprint density at radius 2 is 2.07 bits per heavy atom. The fourth-order valence-electron chi connectivity index (χ4n) is 2.59. The van der Waals surface area contributed by atoms with Crippen LogP contribution in [0, 0.1) is 5.82 Å². The molecule has 0 unspecified atom stereocenters. The van der Waals surface area contributed by atoms with Gasteiger partial charge in [-0.3, -0.25) is 0 Å². The van der Waals surface area contributed by atoms with Gasteiger partial charge in [0.1, 0.15) is 12.4 Å². The zero-order chi connectivity index (χ0) is 21.0. The van der Waals surface area contributed by atoms with E-state index in [2.05, 4.69) is 11.6 Å². The molecule has 0 aliphatic carbocycles. The monoisotopic (exact) mass is 415 g/mol. The van der Waals surface area contributed by atoms with E-state index in [4.69, 9.17) is 25.8 Å². The number of carbonyl (C=O) groups excluding carboxylic acids is 1. The second kappa shape index (κ2) is 8.92. The minimum absolute atomic E-state index is 0.0253. The van der Waals surface area contributed by atoms with Gasteiger partial charge >= 0.3 is 5.97 Å². The van der Waals surface area contributed by atoms with E-state index in [0.29, 0.717) is 35.3 Å². The smallest absolute Gasteiger partial charge is 0.363 e. The Balaban J connectivity index is 1.96. The second-order valence-electron chi connectivity index (χ2n) is 6.32. The number of nitrogens with zero attached hydrogens (tertiary/aromatic N) is 1. The molecule has 0 fully saturated rings. The summed E-state index contributed by atoms with van der Waals surface area (Å²) in [5, 5.41) is 0.314. The van der Waals surface area contributed by atoms with Crippen LogP contribution in [0.2, 0.25) is 5.02 Å². The molecule has 5 nitrogen and oxygen atoms in total. The topological polar surface area (TPSA) is 57.1 Å². The number of esters is 1. The fraction of sp³-hybridized carbons (Fsp3) is 0.182. The second-order valence-corrected chi connectivity index (χ2v) is 6.73. The van der Waals surface area contributed by atoms with E-state index in [9.17, 15) is 9.18 Å². The van der Waals surface area contributed by atoms with Crippen LogP contribution in [-0.4, -0.2) is 25.1 Å². The molecule has 0 atom stereocenters. The molecule has 29 heavy (non-hydrogen) atoms. The van der Waals surface area contributed by atoms with Gasteiger partial charge in [0.2, 0.25) is 5.90 Å². The van der Waals surface area contributed by atoms with Gasteiger partial charge in [-0.2, -0.15) is 0 Å². The highest BCUT2D eigenvalue weighted by Crippen LogP contribution is 2.38. The average molecular weight is 416 g/mol. The van der Waals surface area contributed by atoms with Crippen LogP contribution in [0.15, 0.2) is 59.2 Å². The lowest BCUT2D eigenvalue weighted by Crippen LogP contribution is -2.07. The first-order valence-corrected chi connectivity index (χ1v) is 9.27. The number of rotatable bonds is 7. The summed E-state index contributed by atoms with van der Waals surface area (Å²) in [5.41, 5.74) is 1.53. The number of aliphatic imine (C=N–C) groups is 1. The quantitative estimate of drug-likeness (QED) is 0.355. The molecule has 1 aliphatic rings. The molecule has 7 heteroatoms. The first-order chi connectivity index (χ1) is 13.9. The molecule has 1 heterocycles. The van der Waals surface area contributed by atoms with E-state index in [1.165, 1.54) is 18.2 Å². The number of cyclic esters (lactones) is 1. The Hall–Kier alpha value is -3.12. The molecule has 0 spiro atoms. The third-order valence-corrected chi connectivity index (χ3v) is 4.10. The van der Waals surface area contributed by atoms with Gasteiger partial charge < -0.3 is 14.2 Å². The third kappa shape index (κ3) is 4.84. The van der Waals surface area contributed by atoms with Crippen molar-refractivity contribution in [2.24, 2.45) is 4.99 Å². The minimum atomic E-state index is -0.681. The van der Waals surface area contributed by atoms with Crippen LogP contribution in [0.4, 0.5) is 4.39 Å². The van der Waals surface area contributed by atoms with Gasteiger partial charge in [0, 0.05) is 0 Å². The zero-order valence-electron chi connectivity index (χ0n) is 16.0. The predicted octanol–water partition coefficient (Wildman–Crippen LogP) is 5.18. The van der Waals surface area contributed by atoms with Crippen LogP contribution >= 0.6 is 11.6 Å². The van der Waals surface area contributed by atoms with Crippen molar-refractivity contribution < 1.29 is 23.4 Å². The number of hydrogen-bond acceptors (Lipinski definition) is 5. The van der Waals surface area contributed by atoms with Crippen molar-refractivity contribution in [3.8, 4) is 11.5 Å². The molecule has 150 valence electrons. The van der Waals surface area contributed by atoms with Gasteiger partial charge in [0.05, 0.1) is 17.2 Å². The fourth-order valence-corrected chi connectivity index (χ4v) is 2.86. The zero-order valence-corrected chi connectivity index (χ0v) is 16.8. The molecule has 0 bridgehead atoms. The molecule has 0 amide bonds. The summed E-state index contributed by atoms with van der Waals surface area (Å²) in [4.78, 5) is 16.3. The average Bonchev–Trinajstić information content (AvgIpc) is 3.01. The summed E-state index contributed by atoms with van der Waals surface area (Å²) >= 11 is 6.36. The molecule has 0 N–H and O–H groups in total. The lowest BCUT2D eigenvalue weighted by molar-refractivity contribution is -0.129. The van der Waals surface area contributed by atoms with Crippen LogP contribution in [0.5, 0.6) is 11.5 Å². The SMILES string of the molecule is C=C(C)COc1c(Cl)cc(C=C2N=C(c3ccccc3F)OC2=O)cc1OCC. The first kappa shape index (κ1) is 20.6. The first-order valence-electron chi connectivity index (χ1n) is 8.90. The number of ether oxygens (including phenoxy) is 3. The highest BCUT2D eigenvalue weighted by Gasteiger charge is 2.26. The van der Waals surface area contributed by atoms with E-state index < -0.39 is 11.8 Å². The Labute approximate surface area is 173 Å². The minimum Gasteiger partial charge on any atom is -0.490 e. The molecule has 0 saturated carbocycles. The summed E-state index contributed by atoms with van der Waals surface area (Å²) in [6.07, 6.45) is 1.49. The summed E-state index contributed by atoms with van der Waals surface area (Å²) < 4.78 is 30.4. The van der Waals surface area contributed by atoms with Gasteiger partial charge in [-0.1, -0.05) is 30.3 Å². The van der Waals surface area contributed by atoms with Gasteiger partial charge in [-0.05, 0) is 55.3 Å². The molecule has 0 aromatic heterocycles. The van der Waals surface area contributed by atoms with Crippen molar-refractivity contribution in [2.75, 3.05) is 13.2 Å². The van der Waals surface area contributed by atoms with Crippen molar-refractivity contribution >= 4 is 29.5 Å². The lowest BCUT2D eigenvalue weighted by Gasteiger charge is -2.14. The van der Waals surface area contributed by atoms with Crippen LogP contribution in [0.3, 0.4) is 0 Å². The van der Waals surface area contributed by atoms with E-state index in [-0.39, 0.29) is 17.2 Å². The Bertz CT molecular complexity index is 1030. The number of benzene rings is 2. The summed E-state index contributed by atoms with van der Waals surface area (Å²) in [7, 11) is 0. The largest absolute Gasteiger partial charge is 0.490 e. The number of halogens is 2. The molecular weight excluding hydrogens is 397 g/mol. The van der Waals surface area contributed by atoms with Gasteiger partial charge in [-0.15, -0.1) is 0 Å². The van der Waals surface area contributed by atoms with Gasteiger partial charge in [0.25, 0.3) is 0 Å². The maximum Gasteiger partial charge on any atom is 0.363 e. The summed E-state index contributed by atoms with van der Waals surface area (Å²) in [5.74, 6) is -0.473. The van der Waals surface area contributed by atoms with Crippen molar-refractivity contribution in [1.82, 2.24) is 0 Å². The molecule has 2 aromatic carbocycles. The van der Waals surface area contributed by atoms with E-state index >= 15 is 0 Å². The van der Waals surface area contributed by atoms with E-state index in [0.717, 1.165) is 5.57 Å². The van der Waals surface area contributed by atoms with Crippen molar-refractivity contribution in [2.45, 2.75) is 13.8 Å². The normalized spacial score (nSPS) is 14.6.